The number of rotatable bonds is 7. The standard InChI is InChI=1S/C4H8N2O8/c7-1-3(8)4(14-6(11)12)2-13-5(9)10/h3-4,7-8H,1-2H2/t3-,4+/m1/s1. The molecule has 0 aliphatic heterocycles. The normalized spacial score (nSPS) is 14.1. The van der Waals surface area contributed by atoms with Crippen LogP contribution in [0.3, 0.4) is 0 Å². The SMILES string of the molecule is O=[N+]([O-])OC[C@H](O[N+](=O)[O-])[C@H](O)CO. The summed E-state index contributed by atoms with van der Waals surface area (Å²) in [6, 6.07) is 0. The highest BCUT2D eigenvalue weighted by Crippen LogP contribution is 2.00. The van der Waals surface area contributed by atoms with Gasteiger partial charge in [-0.2, -0.15) is 0 Å². The van der Waals surface area contributed by atoms with Gasteiger partial charge in [0.25, 0.3) is 10.2 Å². The second kappa shape index (κ2) is 5.88. The molecule has 0 aliphatic rings. The van der Waals surface area contributed by atoms with Gasteiger partial charge in [0, 0.05) is 0 Å². The molecule has 0 aromatic heterocycles. The average Bonchev–Trinajstić information content (AvgIpc) is 2.10. The van der Waals surface area contributed by atoms with Gasteiger partial charge in [0.15, 0.2) is 6.10 Å². The summed E-state index contributed by atoms with van der Waals surface area (Å²) < 4.78 is 0. The first kappa shape index (κ1) is 12.3. The second-order valence-electron chi connectivity index (χ2n) is 2.14. The van der Waals surface area contributed by atoms with Gasteiger partial charge in [-0.3, -0.25) is 0 Å². The Morgan fingerprint density at radius 3 is 2.21 bits per heavy atom. The summed E-state index contributed by atoms with van der Waals surface area (Å²) >= 11 is 0. The maximum absolute atomic E-state index is 9.84. The molecule has 0 aliphatic carbocycles. The van der Waals surface area contributed by atoms with Crippen molar-refractivity contribution in [3.63, 3.8) is 0 Å². The number of nitrogens with zero attached hydrogens (tertiary/aromatic N) is 2. The minimum absolute atomic E-state index is 0.834. The van der Waals surface area contributed by atoms with Crippen LogP contribution in [0.5, 0.6) is 0 Å². The highest BCUT2D eigenvalue weighted by molar-refractivity contribution is 4.64. The fourth-order valence-corrected chi connectivity index (χ4v) is 0.574. The minimum atomic E-state index is -1.62. The lowest BCUT2D eigenvalue weighted by Crippen LogP contribution is -2.38. The molecule has 10 nitrogen and oxygen atoms in total. The summed E-state index contributed by atoms with van der Waals surface area (Å²) in [4.78, 5) is 27.1. The van der Waals surface area contributed by atoms with Crippen molar-refractivity contribution in [2.24, 2.45) is 0 Å². The first-order valence-corrected chi connectivity index (χ1v) is 3.34. The Morgan fingerprint density at radius 1 is 1.29 bits per heavy atom. The van der Waals surface area contributed by atoms with E-state index in [4.69, 9.17) is 10.2 Å². The topological polar surface area (TPSA) is 145 Å². The molecule has 0 amide bonds. The molecule has 0 saturated heterocycles. The van der Waals surface area contributed by atoms with Crippen LogP contribution < -0.4 is 0 Å². The van der Waals surface area contributed by atoms with Gasteiger partial charge in [-0.1, -0.05) is 0 Å². The minimum Gasteiger partial charge on any atom is -0.394 e. The largest absolute Gasteiger partial charge is 0.394 e. The summed E-state index contributed by atoms with van der Waals surface area (Å²) in [6.07, 6.45) is -3.22. The molecule has 0 saturated carbocycles. The molecule has 0 unspecified atom stereocenters. The first-order valence-electron chi connectivity index (χ1n) is 3.34. The maximum atomic E-state index is 9.84. The Balaban J connectivity index is 4.09. The van der Waals surface area contributed by atoms with Crippen LogP contribution in [0.1, 0.15) is 0 Å². The van der Waals surface area contributed by atoms with Gasteiger partial charge in [0.05, 0.1) is 6.61 Å². The van der Waals surface area contributed by atoms with Crippen LogP contribution in [-0.4, -0.2) is 45.8 Å². The average molecular weight is 212 g/mol. The van der Waals surface area contributed by atoms with Crippen molar-refractivity contribution in [2.45, 2.75) is 12.2 Å². The van der Waals surface area contributed by atoms with Crippen LogP contribution in [0.15, 0.2) is 0 Å². The number of aliphatic hydroxyl groups is 2. The second-order valence-corrected chi connectivity index (χ2v) is 2.14. The highest BCUT2D eigenvalue weighted by atomic mass is 17.0. The van der Waals surface area contributed by atoms with Crippen molar-refractivity contribution >= 4 is 0 Å². The fourth-order valence-electron chi connectivity index (χ4n) is 0.574. The molecule has 0 aromatic carbocycles. The summed E-state index contributed by atoms with van der Waals surface area (Å²) in [5.41, 5.74) is 0. The molecule has 0 bridgehead atoms. The molecule has 0 aromatic rings. The van der Waals surface area contributed by atoms with E-state index >= 15 is 0 Å². The van der Waals surface area contributed by atoms with E-state index in [-0.39, 0.29) is 0 Å². The third kappa shape index (κ3) is 5.05. The van der Waals surface area contributed by atoms with Crippen LogP contribution in [0.2, 0.25) is 0 Å². The van der Waals surface area contributed by atoms with Gasteiger partial charge < -0.3 is 19.9 Å². The lowest BCUT2D eigenvalue weighted by molar-refractivity contribution is -0.791. The van der Waals surface area contributed by atoms with E-state index in [1.807, 2.05) is 0 Å². The Labute approximate surface area is 76.9 Å². The van der Waals surface area contributed by atoms with Crippen LogP contribution in [-0.2, 0) is 9.68 Å². The van der Waals surface area contributed by atoms with Crippen LogP contribution in [0.4, 0.5) is 0 Å². The Morgan fingerprint density at radius 2 is 1.86 bits per heavy atom. The summed E-state index contributed by atoms with van der Waals surface area (Å²) in [7, 11) is 0. The molecule has 14 heavy (non-hydrogen) atoms. The zero-order valence-electron chi connectivity index (χ0n) is 6.81. The van der Waals surface area contributed by atoms with E-state index in [1.54, 1.807) is 0 Å². The van der Waals surface area contributed by atoms with Crippen molar-refractivity contribution in [3.05, 3.63) is 20.2 Å². The van der Waals surface area contributed by atoms with Gasteiger partial charge in [0.1, 0.15) is 12.7 Å². The molecule has 10 heteroatoms. The monoisotopic (exact) mass is 212 g/mol. The van der Waals surface area contributed by atoms with E-state index in [0.29, 0.717) is 0 Å². The van der Waals surface area contributed by atoms with Crippen LogP contribution in [0.25, 0.3) is 0 Å². The van der Waals surface area contributed by atoms with Crippen molar-refractivity contribution in [1.29, 1.82) is 0 Å². The van der Waals surface area contributed by atoms with Crippen molar-refractivity contribution in [3.8, 4) is 0 Å². The molecule has 0 radical (unpaired) electrons. The lowest BCUT2D eigenvalue weighted by Gasteiger charge is -2.17. The third-order valence-corrected chi connectivity index (χ3v) is 1.18. The van der Waals surface area contributed by atoms with Gasteiger partial charge in [-0.15, -0.1) is 20.2 Å². The third-order valence-electron chi connectivity index (χ3n) is 1.18. The number of hydrogen-bond donors (Lipinski definition) is 2. The van der Waals surface area contributed by atoms with E-state index in [1.165, 1.54) is 0 Å². The fraction of sp³-hybridized carbons (Fsp3) is 1.00. The molecule has 0 fully saturated rings. The molecule has 0 spiro atoms. The zero-order chi connectivity index (χ0) is 11.1. The molecule has 0 rings (SSSR count). The van der Waals surface area contributed by atoms with Gasteiger partial charge >= 0.3 is 0 Å². The summed E-state index contributed by atoms with van der Waals surface area (Å²) in [5, 5.41) is 34.4. The molecule has 2 N–H and O–H groups in total. The van der Waals surface area contributed by atoms with Gasteiger partial charge in [0.2, 0.25) is 0 Å². The Kier molecular flexibility index (Phi) is 5.17. The molecule has 0 heterocycles. The predicted octanol–water partition coefficient (Wildman–Crippen LogP) is -1.88. The van der Waals surface area contributed by atoms with Crippen molar-refractivity contribution in [1.82, 2.24) is 0 Å². The Bertz CT molecular complexity index is 208. The number of hydrogen-bond acceptors (Lipinski definition) is 8. The quantitative estimate of drug-likeness (QED) is 0.368. The number of aliphatic hydroxyl groups excluding tert-OH is 2. The summed E-state index contributed by atoms with van der Waals surface area (Å²) in [6.45, 7) is -1.67. The van der Waals surface area contributed by atoms with E-state index in [0.717, 1.165) is 0 Å². The van der Waals surface area contributed by atoms with E-state index in [2.05, 4.69) is 9.68 Å². The molecule has 2 atom stereocenters. The first-order chi connectivity index (χ1) is 6.47. The van der Waals surface area contributed by atoms with Crippen molar-refractivity contribution < 1.29 is 30.1 Å². The van der Waals surface area contributed by atoms with Crippen LogP contribution >= 0.6 is 0 Å². The Hall–Kier alpha value is -1.68. The van der Waals surface area contributed by atoms with E-state index < -0.39 is 35.6 Å². The predicted molar refractivity (Wildman–Crippen MR) is 37.9 cm³/mol. The van der Waals surface area contributed by atoms with Crippen LogP contribution in [0, 0.1) is 20.2 Å². The smallest absolute Gasteiger partial charge is 0.294 e. The van der Waals surface area contributed by atoms with Crippen molar-refractivity contribution in [2.75, 3.05) is 13.2 Å². The maximum Gasteiger partial charge on any atom is 0.294 e. The van der Waals surface area contributed by atoms with Gasteiger partial charge in [-0.25, -0.2) is 0 Å². The lowest BCUT2D eigenvalue weighted by atomic mass is 10.2. The van der Waals surface area contributed by atoms with E-state index in [9.17, 15) is 20.2 Å². The molecular formula is C4H8N2O8. The van der Waals surface area contributed by atoms with Gasteiger partial charge in [-0.05, 0) is 0 Å². The molecule has 82 valence electrons. The highest BCUT2D eigenvalue weighted by Gasteiger charge is 2.23. The summed E-state index contributed by atoms with van der Waals surface area (Å²) in [5.74, 6) is 0. The molecular weight excluding hydrogens is 204 g/mol. The zero-order valence-corrected chi connectivity index (χ0v) is 6.81.